The van der Waals surface area contributed by atoms with Crippen molar-refractivity contribution in [2.45, 2.75) is 54.7 Å². The van der Waals surface area contributed by atoms with E-state index >= 15 is 0 Å². The van der Waals surface area contributed by atoms with Crippen molar-refractivity contribution in [1.29, 1.82) is 0 Å². The van der Waals surface area contributed by atoms with Crippen molar-refractivity contribution in [3.8, 4) is 0 Å². The van der Waals surface area contributed by atoms with Gasteiger partial charge in [-0.2, -0.15) is 0 Å². The molecule has 18 heavy (non-hydrogen) atoms. The van der Waals surface area contributed by atoms with Crippen molar-refractivity contribution in [3.05, 3.63) is 29.3 Å². The van der Waals surface area contributed by atoms with Crippen molar-refractivity contribution in [1.82, 2.24) is 5.32 Å². The Morgan fingerprint density at radius 1 is 1.11 bits per heavy atom. The Kier molecular flexibility index (Phi) is 5.87. The zero-order valence-electron chi connectivity index (χ0n) is 11.0. The molecule has 0 heterocycles. The van der Waals surface area contributed by atoms with E-state index in [0.29, 0.717) is 11.3 Å². The molecule has 1 aliphatic rings. The van der Waals surface area contributed by atoms with Crippen molar-refractivity contribution in [2.75, 3.05) is 7.05 Å². The summed E-state index contributed by atoms with van der Waals surface area (Å²) in [7, 11) is 2.09. The van der Waals surface area contributed by atoms with Crippen molar-refractivity contribution in [2.24, 2.45) is 0 Å². The minimum atomic E-state index is 0.617. The summed E-state index contributed by atoms with van der Waals surface area (Å²) in [4.78, 5) is 1.23. The first kappa shape index (κ1) is 14.2. The van der Waals surface area contributed by atoms with Crippen LogP contribution < -0.4 is 5.32 Å². The Morgan fingerprint density at radius 2 is 1.83 bits per heavy atom. The number of halogens is 1. The van der Waals surface area contributed by atoms with E-state index in [-0.39, 0.29) is 0 Å². The Balaban J connectivity index is 2.06. The smallest absolute Gasteiger partial charge is 0.0541 e. The second-order valence-electron chi connectivity index (χ2n) is 4.97. The number of nitrogens with one attached hydrogen (secondary N) is 1. The Labute approximate surface area is 120 Å². The van der Waals surface area contributed by atoms with E-state index in [0.717, 1.165) is 5.02 Å². The lowest BCUT2D eigenvalue weighted by molar-refractivity contribution is 0.420. The van der Waals surface area contributed by atoms with Gasteiger partial charge < -0.3 is 5.32 Å². The van der Waals surface area contributed by atoms with Crippen LogP contribution in [0.2, 0.25) is 5.02 Å². The van der Waals surface area contributed by atoms with Crippen LogP contribution in [0.15, 0.2) is 29.2 Å². The van der Waals surface area contributed by atoms with Crippen LogP contribution in [0.5, 0.6) is 0 Å². The van der Waals surface area contributed by atoms with Gasteiger partial charge in [0.15, 0.2) is 0 Å². The molecular weight excluding hydrogens is 262 g/mol. The first-order valence-corrected chi connectivity index (χ1v) is 8.15. The molecule has 2 atom stereocenters. The van der Waals surface area contributed by atoms with Crippen LogP contribution in [-0.2, 0) is 0 Å². The molecule has 0 aromatic heterocycles. The maximum absolute atomic E-state index is 6.27. The molecule has 1 aromatic rings. The Bertz CT molecular complexity index is 369. The molecule has 2 unspecified atom stereocenters. The summed E-state index contributed by atoms with van der Waals surface area (Å²) in [5.74, 6) is 0. The van der Waals surface area contributed by atoms with E-state index < -0.39 is 0 Å². The zero-order valence-corrected chi connectivity index (χ0v) is 12.6. The third-order valence-electron chi connectivity index (χ3n) is 3.69. The Morgan fingerprint density at radius 3 is 2.56 bits per heavy atom. The van der Waals surface area contributed by atoms with Gasteiger partial charge in [0.25, 0.3) is 0 Å². The summed E-state index contributed by atoms with van der Waals surface area (Å²) < 4.78 is 0. The molecule has 0 bridgehead atoms. The average molecular weight is 284 g/mol. The highest BCUT2D eigenvalue weighted by molar-refractivity contribution is 8.00. The highest BCUT2D eigenvalue weighted by Crippen LogP contribution is 2.35. The normalized spacial score (nSPS) is 25.4. The number of benzene rings is 1. The maximum atomic E-state index is 6.27. The van der Waals surface area contributed by atoms with Crippen molar-refractivity contribution in [3.63, 3.8) is 0 Å². The minimum Gasteiger partial charge on any atom is -0.316 e. The van der Waals surface area contributed by atoms with Crippen LogP contribution in [0.3, 0.4) is 0 Å². The molecule has 3 heteroatoms. The Hall–Kier alpha value is -0.180. The molecule has 2 rings (SSSR count). The molecule has 0 saturated heterocycles. The summed E-state index contributed by atoms with van der Waals surface area (Å²) in [6.07, 6.45) is 8.06. The molecule has 1 aromatic carbocycles. The first-order chi connectivity index (χ1) is 8.81. The average Bonchev–Trinajstić information content (AvgIpc) is 2.35. The maximum Gasteiger partial charge on any atom is 0.0541 e. The van der Waals surface area contributed by atoms with Gasteiger partial charge in [0.1, 0.15) is 0 Å². The number of hydrogen-bond donors (Lipinski definition) is 1. The molecule has 0 spiro atoms. The van der Waals surface area contributed by atoms with Crippen LogP contribution in [0.1, 0.15) is 38.5 Å². The van der Waals surface area contributed by atoms with E-state index in [1.165, 1.54) is 43.4 Å². The van der Waals surface area contributed by atoms with Gasteiger partial charge in [-0.3, -0.25) is 0 Å². The minimum absolute atomic E-state index is 0.617. The second-order valence-corrected chi connectivity index (χ2v) is 6.66. The largest absolute Gasteiger partial charge is 0.316 e. The molecule has 100 valence electrons. The quantitative estimate of drug-likeness (QED) is 0.860. The number of thioether (sulfide) groups is 1. The summed E-state index contributed by atoms with van der Waals surface area (Å²) in [5, 5.41) is 5.03. The fraction of sp³-hybridized carbons (Fsp3) is 0.600. The van der Waals surface area contributed by atoms with Gasteiger partial charge in [0.05, 0.1) is 5.02 Å². The predicted molar refractivity (Wildman–Crippen MR) is 81.6 cm³/mol. The van der Waals surface area contributed by atoms with Gasteiger partial charge in [0.2, 0.25) is 0 Å². The summed E-state index contributed by atoms with van der Waals surface area (Å²) in [6.45, 7) is 0. The van der Waals surface area contributed by atoms with Gasteiger partial charge in [-0.1, -0.05) is 49.4 Å². The van der Waals surface area contributed by atoms with E-state index in [2.05, 4.69) is 24.5 Å². The first-order valence-electron chi connectivity index (χ1n) is 6.89. The molecule has 0 amide bonds. The van der Waals surface area contributed by atoms with E-state index in [1.807, 2.05) is 23.9 Å². The van der Waals surface area contributed by atoms with Gasteiger partial charge in [-0.25, -0.2) is 0 Å². The molecule has 1 aliphatic carbocycles. The van der Waals surface area contributed by atoms with E-state index in [4.69, 9.17) is 11.6 Å². The van der Waals surface area contributed by atoms with Gasteiger partial charge in [-0.15, -0.1) is 11.8 Å². The monoisotopic (exact) mass is 283 g/mol. The van der Waals surface area contributed by atoms with Gasteiger partial charge in [-0.05, 0) is 32.0 Å². The fourth-order valence-corrected chi connectivity index (χ4v) is 4.28. The van der Waals surface area contributed by atoms with E-state index in [1.54, 1.807) is 0 Å². The summed E-state index contributed by atoms with van der Waals surface area (Å²) >= 11 is 8.22. The SMILES string of the molecule is CNC1CCCCCCC1Sc1ccccc1Cl. The predicted octanol–water partition coefficient (Wildman–Crippen LogP) is 4.74. The molecule has 0 radical (unpaired) electrons. The summed E-state index contributed by atoms with van der Waals surface area (Å²) in [5.41, 5.74) is 0. The van der Waals surface area contributed by atoms with Gasteiger partial charge >= 0.3 is 0 Å². The second kappa shape index (κ2) is 7.42. The van der Waals surface area contributed by atoms with Crippen molar-refractivity contribution < 1.29 is 0 Å². The van der Waals surface area contributed by atoms with Crippen LogP contribution in [0.25, 0.3) is 0 Å². The molecular formula is C15H22ClNS. The molecule has 1 saturated carbocycles. The topological polar surface area (TPSA) is 12.0 Å². The standard InChI is InChI=1S/C15H22ClNS/c1-17-13-9-4-2-3-5-11-15(13)18-14-10-7-6-8-12(14)16/h6-8,10,13,15,17H,2-5,9,11H2,1H3. The fourth-order valence-electron chi connectivity index (χ4n) is 2.63. The zero-order chi connectivity index (χ0) is 12.8. The lowest BCUT2D eigenvalue weighted by Gasteiger charge is -2.28. The van der Waals surface area contributed by atoms with Crippen LogP contribution in [-0.4, -0.2) is 18.3 Å². The highest BCUT2D eigenvalue weighted by Gasteiger charge is 2.22. The highest BCUT2D eigenvalue weighted by atomic mass is 35.5. The third kappa shape index (κ3) is 3.91. The molecule has 1 N–H and O–H groups in total. The van der Waals surface area contributed by atoms with Crippen LogP contribution in [0, 0.1) is 0 Å². The molecule has 1 fully saturated rings. The lowest BCUT2D eigenvalue weighted by Crippen LogP contribution is -2.36. The van der Waals surface area contributed by atoms with Crippen LogP contribution >= 0.6 is 23.4 Å². The van der Waals surface area contributed by atoms with E-state index in [9.17, 15) is 0 Å². The number of rotatable bonds is 3. The number of hydrogen-bond acceptors (Lipinski definition) is 2. The summed E-state index contributed by atoms with van der Waals surface area (Å²) in [6, 6.07) is 8.82. The van der Waals surface area contributed by atoms with Crippen LogP contribution in [0.4, 0.5) is 0 Å². The lowest BCUT2D eigenvalue weighted by atomic mass is 9.96. The van der Waals surface area contributed by atoms with Gasteiger partial charge in [0, 0.05) is 16.2 Å². The molecule has 0 aliphatic heterocycles. The van der Waals surface area contributed by atoms with Crippen molar-refractivity contribution >= 4 is 23.4 Å². The third-order valence-corrected chi connectivity index (χ3v) is 5.61. The molecule has 1 nitrogen and oxygen atoms in total.